The molecule has 0 radical (unpaired) electrons. The molecule has 2 aromatic carbocycles. The predicted molar refractivity (Wildman–Crippen MR) is 126 cm³/mol. The number of carbonyl (C=O) groups excluding carboxylic acids is 1. The van der Waals surface area contributed by atoms with Crippen LogP contribution in [0.4, 0.5) is 5.69 Å². The Bertz CT molecular complexity index is 1170. The molecule has 3 aromatic rings. The molecule has 4 rings (SSSR count). The van der Waals surface area contributed by atoms with E-state index in [0.717, 1.165) is 52.9 Å². The van der Waals surface area contributed by atoms with Gasteiger partial charge in [0, 0.05) is 54.3 Å². The maximum atomic E-state index is 12.5. The number of halogens is 1. The SMILES string of the molecule is Cc1cccc(NC(=O)CN2CCN(Cc3cc(=O)oc4cc(Br)ccc34)CC2)c1C. The number of hydrogen-bond acceptors (Lipinski definition) is 5. The lowest BCUT2D eigenvalue weighted by Gasteiger charge is -2.34. The molecule has 1 aromatic heterocycles. The van der Waals surface area contributed by atoms with Gasteiger partial charge in [0.05, 0.1) is 6.54 Å². The van der Waals surface area contributed by atoms with E-state index < -0.39 is 0 Å². The van der Waals surface area contributed by atoms with Crippen molar-refractivity contribution in [2.45, 2.75) is 20.4 Å². The van der Waals surface area contributed by atoms with E-state index >= 15 is 0 Å². The number of hydrogen-bond donors (Lipinski definition) is 1. The number of aryl methyl sites for hydroxylation is 1. The summed E-state index contributed by atoms with van der Waals surface area (Å²) in [7, 11) is 0. The molecule has 162 valence electrons. The van der Waals surface area contributed by atoms with Crippen molar-refractivity contribution in [1.29, 1.82) is 0 Å². The van der Waals surface area contributed by atoms with E-state index in [1.54, 1.807) is 6.07 Å². The fourth-order valence-corrected chi connectivity index (χ4v) is 4.30. The molecule has 0 aliphatic carbocycles. The third kappa shape index (κ3) is 5.23. The van der Waals surface area contributed by atoms with Crippen LogP contribution in [-0.4, -0.2) is 48.4 Å². The maximum Gasteiger partial charge on any atom is 0.336 e. The Labute approximate surface area is 190 Å². The standard InChI is InChI=1S/C24H26BrN3O3/c1-16-4-3-5-21(17(16)2)26-23(29)15-28-10-8-27(9-11-28)14-18-12-24(30)31-22-13-19(25)6-7-20(18)22/h3-7,12-13H,8-11,14-15H2,1-2H3,(H,26,29). The minimum atomic E-state index is -0.331. The van der Waals surface area contributed by atoms with Crippen LogP contribution in [0.2, 0.25) is 0 Å². The van der Waals surface area contributed by atoms with E-state index in [4.69, 9.17) is 4.42 Å². The molecule has 1 saturated heterocycles. The van der Waals surface area contributed by atoms with E-state index in [1.807, 2.05) is 50.2 Å². The summed E-state index contributed by atoms with van der Waals surface area (Å²) < 4.78 is 6.22. The second-order valence-electron chi connectivity index (χ2n) is 8.08. The zero-order valence-electron chi connectivity index (χ0n) is 17.8. The number of nitrogens with zero attached hydrogens (tertiary/aromatic N) is 2. The Morgan fingerprint density at radius 1 is 1.06 bits per heavy atom. The molecular formula is C24H26BrN3O3. The van der Waals surface area contributed by atoms with Gasteiger partial charge in [-0.15, -0.1) is 0 Å². The van der Waals surface area contributed by atoms with Gasteiger partial charge < -0.3 is 9.73 Å². The van der Waals surface area contributed by atoms with Crippen LogP contribution in [0.5, 0.6) is 0 Å². The molecule has 6 nitrogen and oxygen atoms in total. The molecule has 7 heteroatoms. The minimum Gasteiger partial charge on any atom is -0.423 e. The van der Waals surface area contributed by atoms with Gasteiger partial charge >= 0.3 is 5.63 Å². The Morgan fingerprint density at radius 2 is 1.81 bits per heavy atom. The second kappa shape index (κ2) is 9.34. The number of nitrogens with one attached hydrogen (secondary N) is 1. The first-order valence-electron chi connectivity index (χ1n) is 10.4. The van der Waals surface area contributed by atoms with Crippen molar-refractivity contribution in [3.05, 3.63) is 74.0 Å². The Morgan fingerprint density at radius 3 is 2.58 bits per heavy atom. The van der Waals surface area contributed by atoms with E-state index in [9.17, 15) is 9.59 Å². The molecular weight excluding hydrogens is 458 g/mol. The van der Waals surface area contributed by atoms with Crippen molar-refractivity contribution in [3.63, 3.8) is 0 Å². The van der Waals surface area contributed by atoms with Crippen LogP contribution < -0.4 is 10.9 Å². The summed E-state index contributed by atoms with van der Waals surface area (Å²) >= 11 is 3.42. The molecule has 0 spiro atoms. The molecule has 2 heterocycles. The van der Waals surface area contributed by atoms with Gasteiger partial charge in [0.2, 0.25) is 5.91 Å². The topological polar surface area (TPSA) is 65.8 Å². The summed E-state index contributed by atoms with van der Waals surface area (Å²) in [5.41, 5.74) is 4.39. The quantitative estimate of drug-likeness (QED) is 0.556. The lowest BCUT2D eigenvalue weighted by Crippen LogP contribution is -2.48. The average Bonchev–Trinajstić information content (AvgIpc) is 2.72. The number of anilines is 1. The Balaban J connectivity index is 1.34. The van der Waals surface area contributed by atoms with Crippen molar-refractivity contribution < 1.29 is 9.21 Å². The number of amides is 1. The van der Waals surface area contributed by atoms with Crippen LogP contribution >= 0.6 is 15.9 Å². The number of carbonyl (C=O) groups is 1. The maximum absolute atomic E-state index is 12.5. The molecule has 0 atom stereocenters. The van der Waals surface area contributed by atoms with E-state index in [2.05, 4.69) is 31.0 Å². The van der Waals surface area contributed by atoms with Gasteiger partial charge in [0.25, 0.3) is 0 Å². The number of piperazine rings is 1. The molecule has 0 saturated carbocycles. The van der Waals surface area contributed by atoms with Crippen LogP contribution in [-0.2, 0) is 11.3 Å². The zero-order chi connectivity index (χ0) is 22.0. The van der Waals surface area contributed by atoms with Crippen molar-refractivity contribution in [2.24, 2.45) is 0 Å². The van der Waals surface area contributed by atoms with Gasteiger partial charge in [0.1, 0.15) is 5.58 Å². The zero-order valence-corrected chi connectivity index (χ0v) is 19.4. The molecule has 1 aliphatic rings. The average molecular weight is 484 g/mol. The van der Waals surface area contributed by atoms with Gasteiger partial charge in [-0.1, -0.05) is 28.1 Å². The monoisotopic (exact) mass is 483 g/mol. The first-order chi connectivity index (χ1) is 14.9. The molecule has 1 aliphatic heterocycles. The predicted octanol–water partition coefficient (Wildman–Crippen LogP) is 3.93. The van der Waals surface area contributed by atoms with Gasteiger partial charge in [-0.2, -0.15) is 0 Å². The highest BCUT2D eigenvalue weighted by Crippen LogP contribution is 2.23. The summed E-state index contributed by atoms with van der Waals surface area (Å²) in [6.45, 7) is 8.44. The van der Waals surface area contributed by atoms with Crippen molar-refractivity contribution in [1.82, 2.24) is 9.80 Å². The van der Waals surface area contributed by atoms with Crippen LogP contribution in [0, 0.1) is 13.8 Å². The molecule has 1 amide bonds. The number of rotatable bonds is 5. The summed E-state index contributed by atoms with van der Waals surface area (Å²) in [6.07, 6.45) is 0. The lowest BCUT2D eigenvalue weighted by atomic mass is 10.1. The molecule has 1 fully saturated rings. The summed E-state index contributed by atoms with van der Waals surface area (Å²) in [5.74, 6) is 0.0133. The van der Waals surface area contributed by atoms with Crippen LogP contribution in [0.15, 0.2) is 56.1 Å². The van der Waals surface area contributed by atoms with Gasteiger partial charge in [-0.3, -0.25) is 14.6 Å². The Hall–Kier alpha value is -2.48. The number of fused-ring (bicyclic) bond motifs is 1. The highest BCUT2D eigenvalue weighted by atomic mass is 79.9. The van der Waals surface area contributed by atoms with Crippen LogP contribution in [0.25, 0.3) is 11.0 Å². The van der Waals surface area contributed by atoms with Gasteiger partial charge in [0.15, 0.2) is 0 Å². The van der Waals surface area contributed by atoms with Crippen molar-refractivity contribution in [3.8, 4) is 0 Å². The normalized spacial score (nSPS) is 15.3. The molecule has 1 N–H and O–H groups in total. The summed E-state index contributed by atoms with van der Waals surface area (Å²) in [4.78, 5) is 29.0. The molecule has 31 heavy (non-hydrogen) atoms. The fraction of sp³-hybridized carbons (Fsp3) is 0.333. The van der Waals surface area contributed by atoms with E-state index in [1.165, 1.54) is 5.56 Å². The van der Waals surface area contributed by atoms with Crippen molar-refractivity contribution in [2.75, 3.05) is 38.0 Å². The van der Waals surface area contributed by atoms with Crippen LogP contribution in [0.1, 0.15) is 16.7 Å². The highest BCUT2D eigenvalue weighted by molar-refractivity contribution is 9.10. The van der Waals surface area contributed by atoms with Gasteiger partial charge in [-0.25, -0.2) is 4.79 Å². The third-order valence-corrected chi connectivity index (χ3v) is 6.39. The first-order valence-corrected chi connectivity index (χ1v) is 11.2. The van der Waals surface area contributed by atoms with E-state index in [-0.39, 0.29) is 11.5 Å². The third-order valence-electron chi connectivity index (χ3n) is 5.90. The highest BCUT2D eigenvalue weighted by Gasteiger charge is 2.20. The molecule has 0 bridgehead atoms. The summed E-state index contributed by atoms with van der Waals surface area (Å²) in [6, 6.07) is 13.3. The van der Waals surface area contributed by atoms with Crippen LogP contribution in [0.3, 0.4) is 0 Å². The first kappa shape index (κ1) is 21.7. The molecule has 0 unspecified atom stereocenters. The smallest absolute Gasteiger partial charge is 0.336 e. The van der Waals surface area contributed by atoms with Gasteiger partial charge in [-0.05, 0) is 54.8 Å². The second-order valence-corrected chi connectivity index (χ2v) is 8.99. The Kier molecular flexibility index (Phi) is 6.55. The minimum absolute atomic E-state index is 0.0133. The fourth-order valence-electron chi connectivity index (χ4n) is 3.96. The largest absolute Gasteiger partial charge is 0.423 e. The number of benzene rings is 2. The summed E-state index contributed by atoms with van der Waals surface area (Å²) in [5, 5.41) is 3.99. The lowest BCUT2D eigenvalue weighted by molar-refractivity contribution is -0.117. The van der Waals surface area contributed by atoms with E-state index in [0.29, 0.717) is 18.7 Å². The van der Waals surface area contributed by atoms with Crippen molar-refractivity contribution >= 4 is 38.5 Å².